The lowest BCUT2D eigenvalue weighted by molar-refractivity contribution is 0.144. The average molecular weight is 475 g/mol. The zero-order chi connectivity index (χ0) is 24.8. The molecule has 182 valence electrons. The van der Waals surface area contributed by atoms with E-state index in [2.05, 4.69) is 11.5 Å². The summed E-state index contributed by atoms with van der Waals surface area (Å²) in [6, 6.07) is 19.0. The Labute approximate surface area is 204 Å². The number of nitrogens with zero attached hydrogens (tertiary/aromatic N) is 2. The molecule has 0 aliphatic heterocycles. The minimum absolute atomic E-state index is 0.0548. The van der Waals surface area contributed by atoms with Crippen molar-refractivity contribution in [1.82, 2.24) is 9.55 Å². The van der Waals surface area contributed by atoms with Crippen molar-refractivity contribution in [1.29, 1.82) is 0 Å². The van der Waals surface area contributed by atoms with Crippen molar-refractivity contribution < 1.29 is 24.5 Å². The summed E-state index contributed by atoms with van der Waals surface area (Å²) in [7, 11) is 0. The molecule has 0 radical (unpaired) electrons. The van der Waals surface area contributed by atoms with Crippen LogP contribution in [-0.4, -0.2) is 39.1 Å². The first-order valence-electron chi connectivity index (χ1n) is 11.8. The molecule has 3 aromatic carbocycles. The molecule has 7 heteroatoms. The maximum Gasteiger partial charge on any atom is 0.511 e. The fraction of sp³-hybridized carbons (Fsp3) is 0.286. The minimum atomic E-state index is -1.34. The van der Waals surface area contributed by atoms with Crippen LogP contribution in [0.5, 0.6) is 11.5 Å². The third kappa shape index (κ3) is 5.46. The van der Waals surface area contributed by atoms with E-state index in [0.29, 0.717) is 23.6 Å². The van der Waals surface area contributed by atoms with Crippen LogP contribution in [0.25, 0.3) is 22.2 Å². The number of rotatable bonds is 10. The molecule has 0 unspecified atom stereocenters. The van der Waals surface area contributed by atoms with Gasteiger partial charge in [0.15, 0.2) is 0 Å². The molecule has 4 aromatic rings. The third-order valence-electron chi connectivity index (χ3n) is 5.93. The molecule has 4 rings (SSSR count). The number of aliphatic hydroxyl groups excluding tert-OH is 1. The number of hydrogen-bond acceptors (Lipinski definition) is 5. The van der Waals surface area contributed by atoms with Crippen LogP contribution in [0.15, 0.2) is 60.7 Å². The maximum absolute atomic E-state index is 11.1. The highest BCUT2D eigenvalue weighted by Crippen LogP contribution is 2.33. The predicted molar refractivity (Wildman–Crippen MR) is 135 cm³/mol. The topological polar surface area (TPSA) is 93.8 Å². The Hall–Kier alpha value is -3.84. The van der Waals surface area contributed by atoms with Gasteiger partial charge in [0.2, 0.25) is 0 Å². The Bertz CT molecular complexity index is 1310. The summed E-state index contributed by atoms with van der Waals surface area (Å²) in [5.41, 5.74) is 5.61. The lowest BCUT2D eigenvalue weighted by atomic mass is 10.0. The van der Waals surface area contributed by atoms with Crippen molar-refractivity contribution in [3.8, 4) is 22.6 Å². The predicted octanol–water partition coefficient (Wildman–Crippen LogP) is 5.83. The van der Waals surface area contributed by atoms with Crippen LogP contribution in [0.3, 0.4) is 0 Å². The monoisotopic (exact) mass is 474 g/mol. The molecule has 0 fully saturated rings. The molecule has 0 saturated heterocycles. The Morgan fingerprint density at radius 3 is 2.51 bits per heavy atom. The molecule has 0 aliphatic carbocycles. The number of unbranched alkanes of at least 4 members (excludes halogenated alkanes) is 1. The highest BCUT2D eigenvalue weighted by Gasteiger charge is 2.17. The summed E-state index contributed by atoms with van der Waals surface area (Å²) in [4.78, 5) is 16.0. The van der Waals surface area contributed by atoms with Crippen LogP contribution in [0, 0.1) is 6.92 Å². The first-order valence-corrected chi connectivity index (χ1v) is 11.8. The van der Waals surface area contributed by atoms with Gasteiger partial charge in [0.05, 0.1) is 12.1 Å². The van der Waals surface area contributed by atoms with E-state index in [1.54, 1.807) is 12.1 Å². The highest BCUT2D eigenvalue weighted by atomic mass is 16.7. The molecule has 0 aliphatic rings. The van der Waals surface area contributed by atoms with Gasteiger partial charge in [-0.1, -0.05) is 61.9 Å². The van der Waals surface area contributed by atoms with Crippen LogP contribution in [0.2, 0.25) is 0 Å². The molecule has 0 saturated carbocycles. The van der Waals surface area contributed by atoms with Crippen molar-refractivity contribution in [2.24, 2.45) is 0 Å². The number of aromatic nitrogens is 2. The van der Waals surface area contributed by atoms with Crippen LogP contribution in [0.1, 0.15) is 36.7 Å². The van der Waals surface area contributed by atoms with E-state index in [4.69, 9.17) is 19.6 Å². The van der Waals surface area contributed by atoms with Crippen molar-refractivity contribution in [3.63, 3.8) is 0 Å². The van der Waals surface area contributed by atoms with Gasteiger partial charge in [0, 0.05) is 18.5 Å². The van der Waals surface area contributed by atoms with Crippen LogP contribution < -0.4 is 9.47 Å². The lowest BCUT2D eigenvalue weighted by Gasteiger charge is -2.14. The largest absolute Gasteiger partial charge is 0.511 e. The number of aliphatic hydroxyl groups is 1. The van der Waals surface area contributed by atoms with Crippen molar-refractivity contribution in [2.75, 3.05) is 13.2 Å². The SMILES string of the molecule is CCCCc1nc2c(C)ccc(OCCO)c2n1Cc1ccc(-c2ccccc2OC(=O)O)cc1. The van der Waals surface area contributed by atoms with Crippen LogP contribution >= 0.6 is 0 Å². The number of hydrogen-bond donors (Lipinski definition) is 2. The van der Waals surface area contributed by atoms with Gasteiger partial charge in [-0.15, -0.1) is 0 Å². The Morgan fingerprint density at radius 2 is 1.80 bits per heavy atom. The van der Waals surface area contributed by atoms with Gasteiger partial charge in [0.1, 0.15) is 29.4 Å². The smallest absolute Gasteiger partial charge is 0.489 e. The molecule has 1 heterocycles. The summed E-state index contributed by atoms with van der Waals surface area (Å²) < 4.78 is 13.0. The number of ether oxygens (including phenoxy) is 2. The van der Waals surface area contributed by atoms with Gasteiger partial charge in [-0.05, 0) is 42.2 Å². The second kappa shape index (κ2) is 11.1. The summed E-state index contributed by atoms with van der Waals surface area (Å²) in [6.45, 7) is 4.99. The van der Waals surface area contributed by atoms with Gasteiger partial charge in [-0.3, -0.25) is 0 Å². The second-order valence-electron chi connectivity index (χ2n) is 8.43. The number of para-hydroxylation sites is 1. The fourth-order valence-corrected chi connectivity index (χ4v) is 4.21. The first-order chi connectivity index (χ1) is 17.0. The molecule has 1 aromatic heterocycles. The number of carboxylic acid groups (broad SMARTS) is 1. The van der Waals surface area contributed by atoms with Crippen LogP contribution in [0.4, 0.5) is 4.79 Å². The van der Waals surface area contributed by atoms with E-state index >= 15 is 0 Å². The molecular weight excluding hydrogens is 444 g/mol. The van der Waals surface area contributed by atoms with Crippen LogP contribution in [-0.2, 0) is 13.0 Å². The van der Waals surface area contributed by atoms with Crippen molar-refractivity contribution in [3.05, 3.63) is 77.6 Å². The van der Waals surface area contributed by atoms with Gasteiger partial charge in [0.25, 0.3) is 0 Å². The van der Waals surface area contributed by atoms with E-state index in [1.807, 2.05) is 55.5 Å². The summed E-state index contributed by atoms with van der Waals surface area (Å²) in [5.74, 6) is 2.02. The molecule has 2 N–H and O–H groups in total. The number of imidazole rings is 1. The maximum atomic E-state index is 11.1. The van der Waals surface area contributed by atoms with Gasteiger partial charge < -0.3 is 24.3 Å². The van der Waals surface area contributed by atoms with Gasteiger partial charge in [-0.25, -0.2) is 9.78 Å². The van der Waals surface area contributed by atoms with E-state index in [9.17, 15) is 9.90 Å². The van der Waals surface area contributed by atoms with E-state index in [1.165, 1.54) is 0 Å². The Morgan fingerprint density at radius 1 is 1.03 bits per heavy atom. The molecule has 7 nitrogen and oxygen atoms in total. The summed E-state index contributed by atoms with van der Waals surface area (Å²) in [5, 5.41) is 18.3. The number of benzene rings is 3. The lowest BCUT2D eigenvalue weighted by Crippen LogP contribution is -2.08. The standard InChI is InChI=1S/C28H30N2O5/c1-3-4-9-25-29-26-19(2)10-15-24(34-17-16-31)27(26)30(25)18-20-11-13-21(14-12-20)22-7-5-6-8-23(22)35-28(32)33/h5-8,10-15,31H,3-4,9,16-18H2,1-2H3,(H,32,33). The quantitative estimate of drug-likeness (QED) is 0.222. The molecule has 0 amide bonds. The summed E-state index contributed by atoms with van der Waals surface area (Å²) in [6.07, 6.45) is 1.63. The second-order valence-corrected chi connectivity index (χ2v) is 8.43. The minimum Gasteiger partial charge on any atom is -0.489 e. The van der Waals surface area contributed by atoms with Gasteiger partial charge in [-0.2, -0.15) is 0 Å². The highest BCUT2D eigenvalue weighted by molar-refractivity contribution is 5.86. The first kappa shape index (κ1) is 24.3. The van der Waals surface area contributed by atoms with Gasteiger partial charge >= 0.3 is 6.16 Å². The normalized spacial score (nSPS) is 11.1. The van der Waals surface area contributed by atoms with E-state index < -0.39 is 6.16 Å². The Balaban J connectivity index is 1.71. The van der Waals surface area contributed by atoms with E-state index in [0.717, 1.165) is 52.8 Å². The Kier molecular flexibility index (Phi) is 7.67. The summed E-state index contributed by atoms with van der Waals surface area (Å²) >= 11 is 0. The molecule has 0 bridgehead atoms. The van der Waals surface area contributed by atoms with Crippen molar-refractivity contribution in [2.45, 2.75) is 39.7 Å². The number of fused-ring (bicyclic) bond motifs is 1. The fourth-order valence-electron chi connectivity index (χ4n) is 4.21. The average Bonchev–Trinajstić information content (AvgIpc) is 3.22. The zero-order valence-electron chi connectivity index (χ0n) is 20.0. The van der Waals surface area contributed by atoms with Crippen molar-refractivity contribution >= 4 is 17.2 Å². The zero-order valence-corrected chi connectivity index (χ0v) is 20.0. The molecule has 0 atom stereocenters. The van der Waals surface area contributed by atoms with E-state index in [-0.39, 0.29) is 13.2 Å². The number of aryl methyl sites for hydroxylation is 2. The third-order valence-corrected chi connectivity index (χ3v) is 5.93. The number of carbonyl (C=O) groups is 1. The molecular formula is C28H30N2O5. The molecule has 35 heavy (non-hydrogen) atoms. The molecule has 0 spiro atoms.